The maximum Gasteiger partial charge on any atom is 0.247 e. The molecule has 0 bridgehead atoms. The molecule has 1 aliphatic rings. The van der Waals surface area contributed by atoms with Gasteiger partial charge in [-0.1, -0.05) is 0 Å². The average Bonchev–Trinajstić information content (AvgIpc) is 2.81. The van der Waals surface area contributed by atoms with Gasteiger partial charge < -0.3 is 5.11 Å². The number of nitrogens with zero attached hydrogens (tertiary/aromatic N) is 3. The van der Waals surface area contributed by atoms with E-state index in [1.807, 2.05) is 0 Å². The molecule has 0 aromatic carbocycles. The van der Waals surface area contributed by atoms with Crippen LogP contribution in [0.4, 0.5) is 4.39 Å². The van der Waals surface area contributed by atoms with Crippen LogP contribution in [0.2, 0.25) is 0 Å². The van der Waals surface area contributed by atoms with E-state index in [0.717, 1.165) is 4.31 Å². The van der Waals surface area contributed by atoms with Crippen LogP contribution >= 0.6 is 0 Å². The summed E-state index contributed by atoms with van der Waals surface area (Å²) in [6, 6.07) is -0.695. The Morgan fingerprint density at radius 3 is 2.58 bits per heavy atom. The Morgan fingerprint density at radius 2 is 2.11 bits per heavy atom. The summed E-state index contributed by atoms with van der Waals surface area (Å²) < 4.78 is 41.2. The first-order chi connectivity index (χ1) is 8.78. The highest BCUT2D eigenvalue weighted by Gasteiger charge is 2.42. The van der Waals surface area contributed by atoms with Gasteiger partial charge in [-0.15, -0.1) is 0 Å². The highest BCUT2D eigenvalue weighted by atomic mass is 32.2. The Morgan fingerprint density at radius 1 is 1.47 bits per heavy atom. The van der Waals surface area contributed by atoms with Gasteiger partial charge in [0, 0.05) is 13.6 Å². The molecule has 0 unspecified atom stereocenters. The Balaban J connectivity index is 2.48. The van der Waals surface area contributed by atoms with Gasteiger partial charge in [0.25, 0.3) is 0 Å². The zero-order chi connectivity index (χ0) is 14.4. The Kier molecular flexibility index (Phi) is 3.67. The van der Waals surface area contributed by atoms with E-state index in [1.54, 1.807) is 20.9 Å². The van der Waals surface area contributed by atoms with Gasteiger partial charge in [0.1, 0.15) is 11.1 Å². The summed E-state index contributed by atoms with van der Waals surface area (Å²) in [6.45, 7) is 2.68. The standard InChI is InChI=1S/C11H18FN3O3S/c1-7-11(8(2)14(3)13-7)19(17,18)15-5-9(12)4-10(15)6-16/h9-10,16H,4-6H2,1-3H3/t9-,10-/m0/s1. The van der Waals surface area contributed by atoms with Crippen molar-refractivity contribution in [2.45, 2.75) is 37.4 Å². The molecular weight excluding hydrogens is 273 g/mol. The third-order valence-corrected chi connectivity index (χ3v) is 5.70. The van der Waals surface area contributed by atoms with Gasteiger partial charge >= 0.3 is 0 Å². The SMILES string of the molecule is Cc1nn(C)c(C)c1S(=O)(=O)N1C[C@@H](F)C[C@H]1CO. The monoisotopic (exact) mass is 291 g/mol. The van der Waals surface area contributed by atoms with Crippen LogP contribution in [0.15, 0.2) is 4.90 Å². The lowest BCUT2D eigenvalue weighted by atomic mass is 10.2. The summed E-state index contributed by atoms with van der Waals surface area (Å²) in [5.74, 6) is 0. The van der Waals surface area contributed by atoms with E-state index in [4.69, 9.17) is 0 Å². The van der Waals surface area contributed by atoms with E-state index < -0.39 is 22.2 Å². The van der Waals surface area contributed by atoms with Gasteiger partial charge in [-0.3, -0.25) is 4.68 Å². The van der Waals surface area contributed by atoms with Crippen LogP contribution < -0.4 is 0 Å². The molecule has 19 heavy (non-hydrogen) atoms. The van der Waals surface area contributed by atoms with E-state index >= 15 is 0 Å². The number of aliphatic hydroxyl groups is 1. The Hall–Kier alpha value is -0.990. The maximum atomic E-state index is 13.4. The first-order valence-electron chi connectivity index (χ1n) is 6.06. The second-order valence-electron chi connectivity index (χ2n) is 4.87. The minimum absolute atomic E-state index is 0.0358. The van der Waals surface area contributed by atoms with Gasteiger partial charge in [-0.2, -0.15) is 9.40 Å². The van der Waals surface area contributed by atoms with E-state index in [1.165, 1.54) is 4.68 Å². The number of rotatable bonds is 3. The molecule has 1 saturated heterocycles. The number of hydrogen-bond donors (Lipinski definition) is 1. The van der Waals surface area contributed by atoms with Crippen molar-refractivity contribution in [3.8, 4) is 0 Å². The van der Waals surface area contributed by atoms with Crippen molar-refractivity contribution >= 4 is 10.0 Å². The van der Waals surface area contributed by atoms with E-state index in [-0.39, 0.29) is 24.5 Å². The summed E-state index contributed by atoms with van der Waals surface area (Å²) in [4.78, 5) is 0.113. The van der Waals surface area contributed by atoms with E-state index in [2.05, 4.69) is 5.10 Å². The largest absolute Gasteiger partial charge is 0.395 e. The van der Waals surface area contributed by atoms with Crippen molar-refractivity contribution in [2.75, 3.05) is 13.2 Å². The summed E-state index contributed by atoms with van der Waals surface area (Å²) in [6.07, 6.45) is -1.20. The number of aliphatic hydroxyl groups excluding tert-OH is 1. The number of alkyl halides is 1. The van der Waals surface area contributed by atoms with Crippen LogP contribution in [0.25, 0.3) is 0 Å². The molecule has 0 aliphatic carbocycles. The predicted octanol–water partition coefficient (Wildman–Crippen LogP) is 0.130. The number of aryl methyl sites for hydroxylation is 2. The third kappa shape index (κ3) is 2.28. The zero-order valence-corrected chi connectivity index (χ0v) is 12.0. The molecule has 1 fully saturated rings. The molecule has 1 aromatic rings. The molecule has 1 N–H and O–H groups in total. The van der Waals surface area contributed by atoms with Crippen LogP contribution in [0.1, 0.15) is 17.8 Å². The zero-order valence-electron chi connectivity index (χ0n) is 11.2. The van der Waals surface area contributed by atoms with Crippen molar-refractivity contribution in [1.82, 2.24) is 14.1 Å². The summed E-state index contributed by atoms with van der Waals surface area (Å²) >= 11 is 0. The van der Waals surface area contributed by atoms with Gasteiger partial charge in [0.05, 0.1) is 24.0 Å². The molecule has 2 heterocycles. The van der Waals surface area contributed by atoms with Crippen LogP contribution in [0.3, 0.4) is 0 Å². The molecule has 0 spiro atoms. The first-order valence-corrected chi connectivity index (χ1v) is 7.50. The number of halogens is 1. The molecule has 2 atom stereocenters. The predicted molar refractivity (Wildman–Crippen MR) is 67.0 cm³/mol. The lowest BCUT2D eigenvalue weighted by Crippen LogP contribution is -2.38. The molecule has 8 heteroatoms. The topological polar surface area (TPSA) is 75.4 Å². The van der Waals surface area contributed by atoms with Crippen molar-refractivity contribution in [1.29, 1.82) is 0 Å². The third-order valence-electron chi connectivity index (χ3n) is 3.53. The van der Waals surface area contributed by atoms with Crippen molar-refractivity contribution < 1.29 is 17.9 Å². The molecular formula is C11H18FN3O3S. The smallest absolute Gasteiger partial charge is 0.247 e. The Labute approximate surface area is 111 Å². The fourth-order valence-corrected chi connectivity index (χ4v) is 4.59. The van der Waals surface area contributed by atoms with Gasteiger partial charge in [-0.25, -0.2) is 12.8 Å². The van der Waals surface area contributed by atoms with E-state index in [0.29, 0.717) is 11.4 Å². The molecule has 0 amide bonds. The van der Waals surface area contributed by atoms with Crippen molar-refractivity contribution in [3.05, 3.63) is 11.4 Å². The number of aromatic nitrogens is 2. The summed E-state index contributed by atoms with van der Waals surface area (Å²) in [7, 11) is -2.16. The minimum Gasteiger partial charge on any atom is -0.395 e. The second-order valence-corrected chi connectivity index (χ2v) is 6.70. The van der Waals surface area contributed by atoms with Crippen LogP contribution in [-0.2, 0) is 17.1 Å². The van der Waals surface area contributed by atoms with Gasteiger partial charge in [0.2, 0.25) is 10.0 Å². The lowest BCUT2D eigenvalue weighted by molar-refractivity contribution is 0.212. The van der Waals surface area contributed by atoms with Crippen LogP contribution in [0.5, 0.6) is 0 Å². The average molecular weight is 291 g/mol. The van der Waals surface area contributed by atoms with Gasteiger partial charge in [-0.05, 0) is 20.3 Å². The first kappa shape index (κ1) is 14.4. The minimum atomic E-state index is -3.82. The molecule has 6 nitrogen and oxygen atoms in total. The maximum absolute atomic E-state index is 13.4. The quantitative estimate of drug-likeness (QED) is 0.859. The molecule has 108 valence electrons. The summed E-state index contributed by atoms with van der Waals surface area (Å²) in [5, 5.41) is 13.3. The normalized spacial score (nSPS) is 25.1. The highest BCUT2D eigenvalue weighted by Crippen LogP contribution is 2.30. The van der Waals surface area contributed by atoms with Crippen molar-refractivity contribution in [2.24, 2.45) is 7.05 Å². The lowest BCUT2D eigenvalue weighted by Gasteiger charge is -2.22. The number of hydrogen-bond acceptors (Lipinski definition) is 4. The Bertz CT molecular complexity index is 584. The molecule has 0 saturated carbocycles. The molecule has 1 aliphatic heterocycles. The van der Waals surface area contributed by atoms with Crippen LogP contribution in [0, 0.1) is 13.8 Å². The van der Waals surface area contributed by atoms with Crippen LogP contribution in [-0.4, -0.2) is 53.0 Å². The van der Waals surface area contributed by atoms with E-state index in [9.17, 15) is 17.9 Å². The second kappa shape index (κ2) is 4.84. The number of sulfonamides is 1. The fraction of sp³-hybridized carbons (Fsp3) is 0.727. The fourth-order valence-electron chi connectivity index (χ4n) is 2.54. The molecule has 0 radical (unpaired) electrons. The molecule has 2 rings (SSSR count). The molecule has 1 aromatic heterocycles. The summed E-state index contributed by atoms with van der Waals surface area (Å²) in [5.41, 5.74) is 0.899. The van der Waals surface area contributed by atoms with Crippen molar-refractivity contribution in [3.63, 3.8) is 0 Å². The highest BCUT2D eigenvalue weighted by molar-refractivity contribution is 7.89. The van der Waals surface area contributed by atoms with Gasteiger partial charge in [0.15, 0.2) is 0 Å².